The number of likely N-dealkylation sites (tertiary alicyclic amines) is 1. The number of aromatic nitrogens is 3. The minimum absolute atomic E-state index is 0.0155. The Hall–Kier alpha value is -1.92. The molecule has 7 nitrogen and oxygen atoms in total. The summed E-state index contributed by atoms with van der Waals surface area (Å²) in [4.78, 5) is 30.8. The number of nitrogens with zero attached hydrogens (tertiary/aromatic N) is 4. The molecule has 1 aliphatic carbocycles. The van der Waals surface area contributed by atoms with E-state index in [-0.39, 0.29) is 29.7 Å². The molecule has 0 bridgehead atoms. The molecule has 2 heterocycles. The second-order valence-corrected chi connectivity index (χ2v) is 6.95. The van der Waals surface area contributed by atoms with Gasteiger partial charge in [-0.1, -0.05) is 6.92 Å². The highest BCUT2D eigenvalue weighted by atomic mass is 16.2. The molecular formula is C17H27N5O2. The van der Waals surface area contributed by atoms with Crippen LogP contribution in [0.1, 0.15) is 57.8 Å². The lowest BCUT2D eigenvalue weighted by Crippen LogP contribution is -2.44. The van der Waals surface area contributed by atoms with Crippen LogP contribution in [0.3, 0.4) is 0 Å². The monoisotopic (exact) mass is 333 g/mol. The van der Waals surface area contributed by atoms with Crippen molar-refractivity contribution in [1.82, 2.24) is 25.0 Å². The van der Waals surface area contributed by atoms with Gasteiger partial charge in [-0.25, -0.2) is 9.67 Å². The molecule has 1 saturated heterocycles. The molecule has 1 aromatic heterocycles. The highest BCUT2D eigenvalue weighted by Crippen LogP contribution is 2.32. The van der Waals surface area contributed by atoms with Gasteiger partial charge in [0.2, 0.25) is 11.8 Å². The number of amides is 2. The molecule has 0 aromatic carbocycles. The summed E-state index contributed by atoms with van der Waals surface area (Å²) in [6.45, 7) is 6.24. The number of rotatable bonds is 6. The predicted molar refractivity (Wildman–Crippen MR) is 88.9 cm³/mol. The standard InChI is InChI=1S/C17H27N5O2/c1-3-8-22-15(18-11-19-22)12(2)20-16(23)13-6-9-21(10-7-13)17(24)14-4-5-14/h11-14H,3-10H2,1-2H3,(H,20,23). The zero-order valence-corrected chi connectivity index (χ0v) is 14.6. The molecule has 1 unspecified atom stereocenters. The van der Waals surface area contributed by atoms with Crippen LogP contribution in [-0.2, 0) is 16.1 Å². The average molecular weight is 333 g/mol. The first-order chi connectivity index (χ1) is 11.6. The summed E-state index contributed by atoms with van der Waals surface area (Å²) >= 11 is 0. The van der Waals surface area contributed by atoms with Gasteiger partial charge in [-0.05, 0) is 39.0 Å². The first kappa shape index (κ1) is 16.9. The zero-order chi connectivity index (χ0) is 17.1. The van der Waals surface area contributed by atoms with Gasteiger partial charge in [-0.2, -0.15) is 5.10 Å². The molecule has 1 N–H and O–H groups in total. The van der Waals surface area contributed by atoms with E-state index in [1.54, 1.807) is 0 Å². The summed E-state index contributed by atoms with van der Waals surface area (Å²) in [5.41, 5.74) is 0. The molecule has 2 fully saturated rings. The lowest BCUT2D eigenvalue weighted by atomic mass is 9.95. The van der Waals surface area contributed by atoms with E-state index in [0.717, 1.165) is 44.5 Å². The Morgan fingerprint density at radius 2 is 1.96 bits per heavy atom. The summed E-state index contributed by atoms with van der Waals surface area (Å²) < 4.78 is 1.85. The first-order valence-electron chi connectivity index (χ1n) is 9.07. The van der Waals surface area contributed by atoms with Crippen molar-refractivity contribution < 1.29 is 9.59 Å². The Labute approximate surface area is 142 Å². The molecule has 1 atom stereocenters. The van der Waals surface area contributed by atoms with Crippen molar-refractivity contribution in [3.8, 4) is 0 Å². The van der Waals surface area contributed by atoms with Crippen LogP contribution in [0.5, 0.6) is 0 Å². The third-order valence-electron chi connectivity index (χ3n) is 4.93. The summed E-state index contributed by atoms with van der Waals surface area (Å²) in [5.74, 6) is 1.40. The fourth-order valence-corrected chi connectivity index (χ4v) is 3.34. The molecule has 24 heavy (non-hydrogen) atoms. The minimum Gasteiger partial charge on any atom is -0.346 e. The van der Waals surface area contributed by atoms with E-state index >= 15 is 0 Å². The minimum atomic E-state index is -0.155. The van der Waals surface area contributed by atoms with Gasteiger partial charge >= 0.3 is 0 Å². The van der Waals surface area contributed by atoms with E-state index in [1.165, 1.54) is 6.33 Å². The van der Waals surface area contributed by atoms with E-state index < -0.39 is 0 Å². The number of carbonyl (C=O) groups is 2. The highest BCUT2D eigenvalue weighted by Gasteiger charge is 2.36. The maximum atomic E-state index is 12.5. The van der Waals surface area contributed by atoms with Crippen LogP contribution in [0.25, 0.3) is 0 Å². The summed E-state index contributed by atoms with van der Waals surface area (Å²) in [6.07, 6.45) is 6.09. The molecule has 132 valence electrons. The van der Waals surface area contributed by atoms with Crippen molar-refractivity contribution in [3.63, 3.8) is 0 Å². The lowest BCUT2D eigenvalue weighted by Gasteiger charge is -2.32. The Kier molecular flexibility index (Phi) is 5.16. The van der Waals surface area contributed by atoms with Gasteiger partial charge in [0.05, 0.1) is 6.04 Å². The van der Waals surface area contributed by atoms with Gasteiger partial charge < -0.3 is 10.2 Å². The van der Waals surface area contributed by atoms with Crippen LogP contribution >= 0.6 is 0 Å². The fraction of sp³-hybridized carbons (Fsp3) is 0.765. The summed E-state index contributed by atoms with van der Waals surface area (Å²) in [5, 5.41) is 7.27. The molecule has 2 aliphatic rings. The zero-order valence-electron chi connectivity index (χ0n) is 14.6. The Morgan fingerprint density at radius 1 is 1.25 bits per heavy atom. The van der Waals surface area contributed by atoms with Gasteiger partial charge in [0.1, 0.15) is 12.2 Å². The number of piperidine rings is 1. The highest BCUT2D eigenvalue weighted by molar-refractivity contribution is 5.82. The maximum Gasteiger partial charge on any atom is 0.225 e. The maximum absolute atomic E-state index is 12.5. The number of hydrogen-bond donors (Lipinski definition) is 1. The number of aryl methyl sites for hydroxylation is 1. The van der Waals surface area contributed by atoms with Crippen molar-refractivity contribution in [2.75, 3.05) is 13.1 Å². The number of hydrogen-bond acceptors (Lipinski definition) is 4. The predicted octanol–water partition coefficient (Wildman–Crippen LogP) is 1.51. The van der Waals surface area contributed by atoms with Crippen LogP contribution in [0.2, 0.25) is 0 Å². The molecule has 1 saturated carbocycles. The van der Waals surface area contributed by atoms with Crippen molar-refractivity contribution in [2.24, 2.45) is 11.8 Å². The normalized spacial score (nSPS) is 20.0. The van der Waals surface area contributed by atoms with Crippen molar-refractivity contribution >= 4 is 11.8 Å². The van der Waals surface area contributed by atoms with Crippen molar-refractivity contribution in [1.29, 1.82) is 0 Å². The van der Waals surface area contributed by atoms with Crippen LogP contribution in [0.4, 0.5) is 0 Å². The Bertz CT molecular complexity index is 588. The van der Waals surface area contributed by atoms with Crippen LogP contribution in [0, 0.1) is 11.8 Å². The number of nitrogens with one attached hydrogen (secondary N) is 1. The molecule has 0 spiro atoms. The van der Waals surface area contributed by atoms with E-state index in [4.69, 9.17) is 0 Å². The van der Waals surface area contributed by atoms with Crippen LogP contribution in [-0.4, -0.2) is 44.6 Å². The van der Waals surface area contributed by atoms with E-state index in [1.807, 2.05) is 16.5 Å². The molecule has 7 heteroatoms. The van der Waals surface area contributed by atoms with Gasteiger partial charge in [0, 0.05) is 31.5 Å². The SMILES string of the molecule is CCCn1ncnc1C(C)NC(=O)C1CCN(C(=O)C2CC2)CC1. The molecule has 0 radical (unpaired) electrons. The average Bonchev–Trinajstić information content (AvgIpc) is 3.34. The molecule has 1 aromatic rings. The fourth-order valence-electron chi connectivity index (χ4n) is 3.34. The van der Waals surface area contributed by atoms with Crippen LogP contribution < -0.4 is 5.32 Å². The quantitative estimate of drug-likeness (QED) is 0.856. The third-order valence-corrected chi connectivity index (χ3v) is 4.93. The summed E-state index contributed by atoms with van der Waals surface area (Å²) in [6, 6.07) is -0.155. The Balaban J connectivity index is 1.50. The third kappa shape index (κ3) is 3.76. The van der Waals surface area contributed by atoms with E-state index in [0.29, 0.717) is 13.1 Å². The van der Waals surface area contributed by atoms with Crippen LogP contribution in [0.15, 0.2) is 6.33 Å². The molecule has 3 rings (SSSR count). The topological polar surface area (TPSA) is 80.1 Å². The van der Waals surface area contributed by atoms with Gasteiger partial charge in [-0.3, -0.25) is 9.59 Å². The first-order valence-corrected chi connectivity index (χ1v) is 9.07. The Morgan fingerprint density at radius 3 is 2.58 bits per heavy atom. The largest absolute Gasteiger partial charge is 0.346 e. The second-order valence-electron chi connectivity index (χ2n) is 6.95. The summed E-state index contributed by atoms with van der Waals surface area (Å²) in [7, 11) is 0. The van der Waals surface area contributed by atoms with Gasteiger partial charge in [0.25, 0.3) is 0 Å². The number of carbonyl (C=O) groups excluding carboxylic acids is 2. The van der Waals surface area contributed by atoms with Crippen molar-refractivity contribution in [3.05, 3.63) is 12.2 Å². The van der Waals surface area contributed by atoms with Gasteiger partial charge in [-0.15, -0.1) is 0 Å². The van der Waals surface area contributed by atoms with Crippen molar-refractivity contribution in [2.45, 2.75) is 58.5 Å². The smallest absolute Gasteiger partial charge is 0.225 e. The van der Waals surface area contributed by atoms with E-state index in [9.17, 15) is 9.59 Å². The molecule has 2 amide bonds. The lowest BCUT2D eigenvalue weighted by molar-refractivity contribution is -0.136. The second kappa shape index (κ2) is 7.32. The molecular weight excluding hydrogens is 306 g/mol. The van der Waals surface area contributed by atoms with Gasteiger partial charge in [0.15, 0.2) is 0 Å². The van der Waals surface area contributed by atoms with E-state index in [2.05, 4.69) is 22.3 Å². The molecule has 1 aliphatic heterocycles.